The first kappa shape index (κ1) is 18.6. The van der Waals surface area contributed by atoms with Crippen LogP contribution in [0.25, 0.3) is 0 Å². The number of nitrogens with one attached hydrogen (secondary N) is 2. The number of para-hydroxylation sites is 1. The normalized spacial score (nSPS) is 10.0. The van der Waals surface area contributed by atoms with Gasteiger partial charge in [0.25, 0.3) is 0 Å². The van der Waals surface area contributed by atoms with Crippen molar-refractivity contribution in [1.29, 1.82) is 0 Å². The summed E-state index contributed by atoms with van der Waals surface area (Å²) in [4.78, 5) is 35.3. The molecule has 23 heavy (non-hydrogen) atoms. The number of rotatable bonds is 9. The van der Waals surface area contributed by atoms with Crippen LogP contribution in [0, 0.1) is 0 Å². The topological polar surface area (TPSA) is 93.7 Å². The van der Waals surface area contributed by atoms with Crippen LogP contribution in [0.3, 0.4) is 0 Å². The van der Waals surface area contributed by atoms with Gasteiger partial charge in [-0.25, -0.2) is 4.79 Å². The summed E-state index contributed by atoms with van der Waals surface area (Å²) in [7, 11) is 1.58. The van der Waals surface area contributed by atoms with Crippen molar-refractivity contribution in [2.45, 2.75) is 19.8 Å². The Morgan fingerprint density at radius 2 is 1.87 bits per heavy atom. The van der Waals surface area contributed by atoms with Crippen LogP contribution in [-0.2, 0) is 19.1 Å². The molecule has 1 aromatic rings. The molecule has 2 N–H and O–H groups in total. The number of esters is 1. The summed E-state index contributed by atoms with van der Waals surface area (Å²) in [5, 5.41) is 5.18. The van der Waals surface area contributed by atoms with Gasteiger partial charge in [-0.1, -0.05) is 12.1 Å². The second kappa shape index (κ2) is 10.3. The van der Waals surface area contributed by atoms with Gasteiger partial charge in [-0.3, -0.25) is 9.59 Å². The van der Waals surface area contributed by atoms with E-state index in [9.17, 15) is 14.4 Å². The van der Waals surface area contributed by atoms with Crippen LogP contribution in [0.15, 0.2) is 24.3 Å². The summed E-state index contributed by atoms with van der Waals surface area (Å²) < 4.78 is 9.79. The highest BCUT2D eigenvalue weighted by molar-refractivity contribution is 6.06. The van der Waals surface area contributed by atoms with Crippen LogP contribution in [0.5, 0.6) is 0 Å². The Morgan fingerprint density at radius 1 is 1.13 bits per heavy atom. The van der Waals surface area contributed by atoms with Gasteiger partial charge in [0.15, 0.2) is 0 Å². The number of methoxy groups -OCH3 is 1. The quantitative estimate of drug-likeness (QED) is 0.406. The van der Waals surface area contributed by atoms with E-state index >= 15 is 0 Å². The third kappa shape index (κ3) is 6.92. The highest BCUT2D eigenvalue weighted by atomic mass is 16.5. The van der Waals surface area contributed by atoms with Gasteiger partial charge >= 0.3 is 5.97 Å². The van der Waals surface area contributed by atoms with Crippen LogP contribution >= 0.6 is 0 Å². The van der Waals surface area contributed by atoms with E-state index in [1.165, 1.54) is 0 Å². The summed E-state index contributed by atoms with van der Waals surface area (Å²) in [6.07, 6.45) is 0.361. The molecule has 1 aromatic carbocycles. The van der Waals surface area contributed by atoms with Crippen molar-refractivity contribution in [2.75, 3.05) is 32.2 Å². The maximum atomic E-state index is 11.9. The number of carbonyl (C=O) groups excluding carboxylic acids is 3. The molecule has 0 bridgehead atoms. The third-order valence-electron chi connectivity index (χ3n) is 2.87. The fourth-order valence-electron chi connectivity index (χ4n) is 1.83. The van der Waals surface area contributed by atoms with Gasteiger partial charge in [0.2, 0.25) is 11.8 Å². The van der Waals surface area contributed by atoms with E-state index < -0.39 is 11.9 Å². The van der Waals surface area contributed by atoms with Crippen LogP contribution < -0.4 is 10.6 Å². The second-order valence-electron chi connectivity index (χ2n) is 4.69. The molecule has 0 aromatic heterocycles. The number of anilines is 1. The van der Waals surface area contributed by atoms with E-state index in [-0.39, 0.29) is 24.5 Å². The number of hydrogen-bond donors (Lipinski definition) is 2. The molecule has 0 aliphatic carbocycles. The van der Waals surface area contributed by atoms with Gasteiger partial charge in [-0.2, -0.15) is 0 Å². The minimum Gasteiger partial charge on any atom is -0.462 e. The summed E-state index contributed by atoms with van der Waals surface area (Å²) in [5.41, 5.74) is 0.575. The standard InChI is InChI=1S/C16H22N2O5/c1-3-23-16(21)12-7-4-5-8-13(12)18-15(20)11-14(19)17-9-6-10-22-2/h4-5,7-8H,3,6,9-11H2,1-2H3,(H,17,19)(H,18,20). The predicted molar refractivity (Wildman–Crippen MR) is 85.1 cm³/mol. The molecule has 7 heteroatoms. The summed E-state index contributed by atoms with van der Waals surface area (Å²) in [6, 6.07) is 6.49. The summed E-state index contributed by atoms with van der Waals surface area (Å²) >= 11 is 0. The van der Waals surface area contributed by atoms with E-state index in [2.05, 4.69) is 10.6 Å². The van der Waals surface area contributed by atoms with Crippen LogP contribution in [0.2, 0.25) is 0 Å². The molecule has 126 valence electrons. The molecular weight excluding hydrogens is 300 g/mol. The maximum absolute atomic E-state index is 11.9. The first-order chi connectivity index (χ1) is 11.1. The molecule has 7 nitrogen and oxygen atoms in total. The van der Waals surface area contributed by atoms with E-state index in [0.29, 0.717) is 25.3 Å². The molecule has 0 spiro atoms. The smallest absolute Gasteiger partial charge is 0.340 e. The highest BCUT2D eigenvalue weighted by Gasteiger charge is 2.15. The fraction of sp³-hybridized carbons (Fsp3) is 0.438. The molecule has 0 saturated carbocycles. The van der Waals surface area contributed by atoms with Crippen molar-refractivity contribution >= 4 is 23.5 Å². The molecular formula is C16H22N2O5. The van der Waals surface area contributed by atoms with E-state index in [4.69, 9.17) is 9.47 Å². The molecule has 0 radical (unpaired) electrons. The number of carbonyl (C=O) groups is 3. The monoisotopic (exact) mass is 322 g/mol. The van der Waals surface area contributed by atoms with E-state index in [0.717, 1.165) is 0 Å². The van der Waals surface area contributed by atoms with Crippen molar-refractivity contribution in [1.82, 2.24) is 5.32 Å². The van der Waals surface area contributed by atoms with Crippen molar-refractivity contribution in [3.8, 4) is 0 Å². The lowest BCUT2D eigenvalue weighted by atomic mass is 10.1. The molecule has 0 aliphatic rings. The zero-order valence-corrected chi connectivity index (χ0v) is 13.4. The van der Waals surface area contributed by atoms with Gasteiger partial charge in [0.1, 0.15) is 6.42 Å². The molecule has 0 heterocycles. The van der Waals surface area contributed by atoms with Crippen LogP contribution in [0.1, 0.15) is 30.1 Å². The van der Waals surface area contributed by atoms with Gasteiger partial charge in [0, 0.05) is 20.3 Å². The lowest BCUT2D eigenvalue weighted by Crippen LogP contribution is -2.29. The van der Waals surface area contributed by atoms with Crippen molar-refractivity contribution in [3.05, 3.63) is 29.8 Å². The SMILES string of the molecule is CCOC(=O)c1ccccc1NC(=O)CC(=O)NCCCOC. The summed E-state index contributed by atoms with van der Waals surface area (Å²) in [6.45, 7) is 2.93. The first-order valence-corrected chi connectivity index (χ1v) is 7.40. The zero-order chi connectivity index (χ0) is 17.1. The Labute approximate surface area is 135 Å². The molecule has 0 atom stereocenters. The van der Waals surface area contributed by atoms with Gasteiger partial charge < -0.3 is 20.1 Å². The Bertz CT molecular complexity index is 545. The van der Waals surface area contributed by atoms with Gasteiger partial charge in [-0.05, 0) is 25.5 Å². The van der Waals surface area contributed by atoms with Crippen LogP contribution in [-0.4, -0.2) is 44.7 Å². The fourth-order valence-corrected chi connectivity index (χ4v) is 1.83. The Kier molecular flexibility index (Phi) is 8.38. The number of benzene rings is 1. The van der Waals surface area contributed by atoms with Crippen LogP contribution in [0.4, 0.5) is 5.69 Å². The second-order valence-corrected chi connectivity index (χ2v) is 4.69. The first-order valence-electron chi connectivity index (χ1n) is 7.40. The molecule has 0 unspecified atom stereocenters. The molecule has 2 amide bonds. The number of hydrogen-bond acceptors (Lipinski definition) is 5. The van der Waals surface area contributed by atoms with Crippen molar-refractivity contribution < 1.29 is 23.9 Å². The third-order valence-corrected chi connectivity index (χ3v) is 2.87. The molecule has 0 saturated heterocycles. The highest BCUT2D eigenvalue weighted by Crippen LogP contribution is 2.16. The largest absolute Gasteiger partial charge is 0.462 e. The van der Waals surface area contributed by atoms with Gasteiger partial charge in [0.05, 0.1) is 17.9 Å². The lowest BCUT2D eigenvalue weighted by Gasteiger charge is -2.10. The van der Waals surface area contributed by atoms with E-state index in [1.54, 1.807) is 38.3 Å². The van der Waals surface area contributed by atoms with E-state index in [1.807, 2.05) is 0 Å². The average molecular weight is 322 g/mol. The maximum Gasteiger partial charge on any atom is 0.340 e. The van der Waals surface area contributed by atoms with Crippen molar-refractivity contribution in [2.24, 2.45) is 0 Å². The lowest BCUT2D eigenvalue weighted by molar-refractivity contribution is -0.126. The predicted octanol–water partition coefficient (Wildman–Crippen LogP) is 1.34. The number of ether oxygens (including phenoxy) is 2. The van der Waals surface area contributed by atoms with Gasteiger partial charge in [-0.15, -0.1) is 0 Å². The molecule has 0 aliphatic heterocycles. The molecule has 1 rings (SSSR count). The minimum atomic E-state index is -0.521. The zero-order valence-electron chi connectivity index (χ0n) is 13.4. The molecule has 0 fully saturated rings. The summed E-state index contributed by atoms with van der Waals surface area (Å²) in [5.74, 6) is -1.40. The van der Waals surface area contributed by atoms with Crippen molar-refractivity contribution in [3.63, 3.8) is 0 Å². The number of amides is 2. The Hall–Kier alpha value is -2.41. The Morgan fingerprint density at radius 3 is 2.57 bits per heavy atom. The Balaban J connectivity index is 2.54. The minimum absolute atomic E-state index is 0.241. The average Bonchev–Trinajstić information content (AvgIpc) is 2.52.